The van der Waals surface area contributed by atoms with Crippen molar-refractivity contribution >= 4 is 17.4 Å². The molecule has 1 aliphatic heterocycles. The number of halogens is 1. The second-order valence-electron chi connectivity index (χ2n) is 7.11. The number of benzene rings is 2. The molecule has 1 atom stereocenters. The van der Waals surface area contributed by atoms with Crippen LogP contribution >= 0.6 is 0 Å². The number of carbonyl (C=O) groups excluding carboxylic acids is 2. The molecule has 4 rings (SSSR count). The molecule has 0 saturated carbocycles. The maximum absolute atomic E-state index is 13.5. The first kappa shape index (κ1) is 19.6. The van der Waals surface area contributed by atoms with Gasteiger partial charge < -0.3 is 14.4 Å². The molecule has 152 valence electrons. The molecule has 1 fully saturated rings. The molecule has 1 saturated heterocycles. The van der Waals surface area contributed by atoms with Crippen molar-refractivity contribution in [1.29, 1.82) is 0 Å². The number of likely N-dealkylation sites (tertiary alicyclic amines) is 1. The first-order valence-electron chi connectivity index (χ1n) is 9.65. The fourth-order valence-corrected chi connectivity index (χ4v) is 3.66. The molecule has 0 spiro atoms. The quantitative estimate of drug-likeness (QED) is 0.383. The third-order valence-electron chi connectivity index (χ3n) is 5.27. The molecule has 2 heterocycles. The Bertz CT molecular complexity index is 1100. The summed E-state index contributed by atoms with van der Waals surface area (Å²) in [7, 11) is 0. The highest BCUT2D eigenvalue weighted by atomic mass is 19.1. The third-order valence-corrected chi connectivity index (χ3v) is 5.27. The maximum Gasteiger partial charge on any atom is 0.296 e. The lowest BCUT2D eigenvalue weighted by Gasteiger charge is -2.24. The van der Waals surface area contributed by atoms with E-state index in [2.05, 4.69) is 0 Å². The van der Waals surface area contributed by atoms with Crippen LogP contribution in [0.25, 0.3) is 5.76 Å². The predicted molar refractivity (Wildman–Crippen MR) is 109 cm³/mol. The van der Waals surface area contributed by atoms with Crippen molar-refractivity contribution in [1.82, 2.24) is 4.90 Å². The molecule has 1 unspecified atom stereocenters. The van der Waals surface area contributed by atoms with E-state index in [0.717, 1.165) is 12.0 Å². The van der Waals surface area contributed by atoms with Gasteiger partial charge in [0.2, 0.25) is 0 Å². The molecule has 1 N–H and O–H groups in total. The number of amides is 1. The zero-order valence-corrected chi connectivity index (χ0v) is 16.3. The molecule has 0 bridgehead atoms. The molecule has 1 aromatic heterocycles. The summed E-state index contributed by atoms with van der Waals surface area (Å²) in [5.74, 6) is -1.72. The van der Waals surface area contributed by atoms with Gasteiger partial charge in [-0.2, -0.15) is 0 Å². The molecule has 0 aliphatic carbocycles. The minimum Gasteiger partial charge on any atom is -0.507 e. The Morgan fingerprint density at radius 2 is 1.77 bits per heavy atom. The van der Waals surface area contributed by atoms with E-state index < -0.39 is 23.5 Å². The fraction of sp³-hybridized carbons (Fsp3) is 0.167. The van der Waals surface area contributed by atoms with E-state index in [0.29, 0.717) is 16.9 Å². The zero-order valence-electron chi connectivity index (χ0n) is 16.3. The number of rotatable bonds is 5. The summed E-state index contributed by atoms with van der Waals surface area (Å²) in [6.07, 6.45) is 2.32. The summed E-state index contributed by atoms with van der Waals surface area (Å²) in [4.78, 5) is 27.1. The summed E-state index contributed by atoms with van der Waals surface area (Å²) >= 11 is 0. The van der Waals surface area contributed by atoms with Crippen LogP contribution in [0.5, 0.6) is 0 Å². The van der Waals surface area contributed by atoms with Gasteiger partial charge in [-0.25, -0.2) is 4.39 Å². The van der Waals surface area contributed by atoms with E-state index >= 15 is 0 Å². The minimum absolute atomic E-state index is 0.0255. The molecule has 1 amide bonds. The van der Waals surface area contributed by atoms with Crippen molar-refractivity contribution in [3.8, 4) is 0 Å². The second-order valence-corrected chi connectivity index (χ2v) is 7.11. The third kappa shape index (κ3) is 3.52. The van der Waals surface area contributed by atoms with Crippen LogP contribution in [0.2, 0.25) is 0 Å². The lowest BCUT2D eigenvalue weighted by Crippen LogP contribution is -2.29. The summed E-state index contributed by atoms with van der Waals surface area (Å²) in [5, 5.41) is 11.0. The Labute approximate surface area is 173 Å². The summed E-state index contributed by atoms with van der Waals surface area (Å²) < 4.78 is 18.8. The molecule has 5 nitrogen and oxygen atoms in total. The number of furan rings is 1. The second kappa shape index (κ2) is 7.99. The lowest BCUT2D eigenvalue weighted by atomic mass is 9.95. The van der Waals surface area contributed by atoms with Gasteiger partial charge in [0.1, 0.15) is 17.3 Å². The average molecular weight is 405 g/mol. The molecule has 1 aliphatic rings. The Balaban J connectivity index is 1.84. The van der Waals surface area contributed by atoms with Crippen LogP contribution in [0.3, 0.4) is 0 Å². The summed E-state index contributed by atoms with van der Waals surface area (Å²) in [5.41, 5.74) is 2.02. The van der Waals surface area contributed by atoms with Crippen LogP contribution in [0.1, 0.15) is 35.4 Å². The van der Waals surface area contributed by atoms with Gasteiger partial charge >= 0.3 is 0 Å². The van der Waals surface area contributed by atoms with Crippen LogP contribution < -0.4 is 0 Å². The van der Waals surface area contributed by atoms with Gasteiger partial charge in [0.15, 0.2) is 0 Å². The van der Waals surface area contributed by atoms with E-state index in [1.54, 1.807) is 24.3 Å². The van der Waals surface area contributed by atoms with Crippen molar-refractivity contribution in [2.45, 2.75) is 25.9 Å². The summed E-state index contributed by atoms with van der Waals surface area (Å²) in [6.45, 7) is 2.06. The van der Waals surface area contributed by atoms with Gasteiger partial charge in [-0.15, -0.1) is 0 Å². The first-order chi connectivity index (χ1) is 14.5. The van der Waals surface area contributed by atoms with Crippen LogP contribution in [-0.2, 0) is 22.6 Å². The SMILES string of the molecule is CCc1ccc(/C(O)=C2/C(=O)C(=O)N(Cc3ccco3)C2c2ccc(F)cc2)cc1. The lowest BCUT2D eigenvalue weighted by molar-refractivity contribution is -0.140. The number of aliphatic hydroxyl groups excluding tert-OH is 1. The van der Waals surface area contributed by atoms with Gasteiger partial charge in [0, 0.05) is 5.56 Å². The number of aliphatic hydroxyl groups is 1. The Morgan fingerprint density at radius 3 is 2.37 bits per heavy atom. The Kier molecular flexibility index (Phi) is 5.23. The summed E-state index contributed by atoms with van der Waals surface area (Å²) in [6, 6.07) is 15.2. The number of hydrogen-bond acceptors (Lipinski definition) is 4. The normalized spacial score (nSPS) is 18.2. The zero-order chi connectivity index (χ0) is 21.3. The highest BCUT2D eigenvalue weighted by molar-refractivity contribution is 6.46. The van der Waals surface area contributed by atoms with Crippen molar-refractivity contribution in [3.05, 3.63) is 101 Å². The van der Waals surface area contributed by atoms with E-state index in [1.807, 2.05) is 19.1 Å². The first-order valence-corrected chi connectivity index (χ1v) is 9.65. The number of nitrogens with zero attached hydrogens (tertiary/aromatic N) is 1. The topological polar surface area (TPSA) is 70.8 Å². The predicted octanol–water partition coefficient (Wildman–Crippen LogP) is 4.60. The van der Waals surface area contributed by atoms with Crippen LogP contribution in [0.4, 0.5) is 4.39 Å². The standard InChI is InChI=1S/C24H20FNO4/c1-2-15-5-7-17(8-6-15)22(27)20-21(16-9-11-18(25)12-10-16)26(24(29)23(20)28)14-19-4-3-13-30-19/h3-13,21,27H,2,14H2,1H3/b22-20-. The van der Waals surface area contributed by atoms with Gasteiger partial charge in [0.25, 0.3) is 11.7 Å². The van der Waals surface area contributed by atoms with Crippen LogP contribution in [-0.4, -0.2) is 21.7 Å². The van der Waals surface area contributed by atoms with Gasteiger partial charge in [-0.3, -0.25) is 9.59 Å². The van der Waals surface area contributed by atoms with Crippen molar-refractivity contribution in [3.63, 3.8) is 0 Å². The van der Waals surface area contributed by atoms with E-state index in [4.69, 9.17) is 4.42 Å². The minimum atomic E-state index is -0.860. The molecule has 3 aromatic rings. The van der Waals surface area contributed by atoms with Gasteiger partial charge in [-0.1, -0.05) is 43.3 Å². The van der Waals surface area contributed by atoms with Gasteiger partial charge in [0.05, 0.1) is 24.4 Å². The highest BCUT2D eigenvalue weighted by Crippen LogP contribution is 2.40. The molecule has 2 aromatic carbocycles. The Hall–Kier alpha value is -3.67. The molecule has 0 radical (unpaired) electrons. The van der Waals surface area contributed by atoms with Crippen LogP contribution in [0, 0.1) is 5.82 Å². The number of carbonyl (C=O) groups is 2. The molecule has 30 heavy (non-hydrogen) atoms. The van der Waals surface area contributed by atoms with Crippen LogP contribution in [0.15, 0.2) is 76.9 Å². The fourth-order valence-electron chi connectivity index (χ4n) is 3.66. The number of aryl methyl sites for hydroxylation is 1. The number of Topliss-reactive ketones (excluding diaryl/α,β-unsaturated/α-hetero) is 1. The van der Waals surface area contributed by atoms with E-state index in [-0.39, 0.29) is 17.9 Å². The van der Waals surface area contributed by atoms with E-state index in [9.17, 15) is 19.1 Å². The molecular formula is C24H20FNO4. The largest absolute Gasteiger partial charge is 0.507 e. The molecular weight excluding hydrogens is 385 g/mol. The number of ketones is 1. The van der Waals surface area contributed by atoms with Crippen molar-refractivity contribution < 1.29 is 23.5 Å². The molecule has 6 heteroatoms. The smallest absolute Gasteiger partial charge is 0.296 e. The van der Waals surface area contributed by atoms with E-state index in [1.165, 1.54) is 35.4 Å². The van der Waals surface area contributed by atoms with Crippen molar-refractivity contribution in [2.75, 3.05) is 0 Å². The monoisotopic (exact) mass is 405 g/mol. The van der Waals surface area contributed by atoms with Crippen molar-refractivity contribution in [2.24, 2.45) is 0 Å². The average Bonchev–Trinajstić information content (AvgIpc) is 3.36. The Morgan fingerprint density at radius 1 is 1.07 bits per heavy atom. The number of hydrogen-bond donors (Lipinski definition) is 1. The van der Waals surface area contributed by atoms with Gasteiger partial charge in [-0.05, 0) is 41.8 Å². The highest BCUT2D eigenvalue weighted by Gasteiger charge is 2.46. The maximum atomic E-state index is 13.5.